The molecule has 0 heterocycles. The number of rotatable bonds is 5. The monoisotopic (exact) mass is 270 g/mol. The highest BCUT2D eigenvalue weighted by atomic mass is 19.4. The highest BCUT2D eigenvalue weighted by Crippen LogP contribution is 2.15. The zero-order chi connectivity index (χ0) is 14.5. The van der Waals surface area contributed by atoms with Crippen molar-refractivity contribution in [2.45, 2.75) is 26.1 Å². The Morgan fingerprint density at radius 1 is 1.22 bits per heavy atom. The van der Waals surface area contributed by atoms with E-state index in [-0.39, 0.29) is 0 Å². The molecule has 0 aromatic heterocycles. The molecule has 6 nitrogen and oxygen atoms in total. The molecule has 0 saturated heterocycles. The predicted octanol–water partition coefficient (Wildman–Crippen LogP) is -0.110. The number of amides is 2. The maximum absolute atomic E-state index is 12.0. The SMILES string of the molecule is CC(C)[C@H](NC(=O)C(F)(F)F)C(=O)NCC(=O)O. The van der Waals surface area contributed by atoms with Gasteiger partial charge in [-0.15, -0.1) is 0 Å². The third-order valence-corrected chi connectivity index (χ3v) is 1.91. The van der Waals surface area contributed by atoms with Crippen LogP contribution in [-0.2, 0) is 14.4 Å². The van der Waals surface area contributed by atoms with Crippen molar-refractivity contribution in [1.29, 1.82) is 0 Å². The number of hydrogen-bond donors (Lipinski definition) is 3. The summed E-state index contributed by atoms with van der Waals surface area (Å²) in [7, 11) is 0. The summed E-state index contributed by atoms with van der Waals surface area (Å²) >= 11 is 0. The van der Waals surface area contributed by atoms with E-state index in [1.807, 2.05) is 5.32 Å². The third-order valence-electron chi connectivity index (χ3n) is 1.91. The van der Waals surface area contributed by atoms with Crippen LogP contribution in [0.15, 0.2) is 0 Å². The summed E-state index contributed by atoms with van der Waals surface area (Å²) in [6, 6.07) is -1.45. The van der Waals surface area contributed by atoms with Crippen molar-refractivity contribution >= 4 is 17.8 Å². The van der Waals surface area contributed by atoms with Gasteiger partial charge in [-0.25, -0.2) is 0 Å². The van der Waals surface area contributed by atoms with Gasteiger partial charge >= 0.3 is 18.1 Å². The molecule has 3 N–H and O–H groups in total. The van der Waals surface area contributed by atoms with Gasteiger partial charge < -0.3 is 15.7 Å². The Morgan fingerprint density at radius 2 is 1.72 bits per heavy atom. The molecule has 0 aromatic carbocycles. The molecule has 0 unspecified atom stereocenters. The van der Waals surface area contributed by atoms with Crippen LogP contribution < -0.4 is 10.6 Å². The number of carboxylic acid groups (broad SMARTS) is 1. The van der Waals surface area contributed by atoms with E-state index in [0.29, 0.717) is 0 Å². The number of halogens is 3. The number of nitrogens with one attached hydrogen (secondary N) is 2. The van der Waals surface area contributed by atoms with E-state index in [9.17, 15) is 27.6 Å². The molecule has 1 atom stereocenters. The fourth-order valence-electron chi connectivity index (χ4n) is 1.03. The molecular formula is C9H13F3N2O4. The summed E-state index contributed by atoms with van der Waals surface area (Å²) in [5.41, 5.74) is 0. The molecule has 104 valence electrons. The molecule has 2 amide bonds. The summed E-state index contributed by atoms with van der Waals surface area (Å²) in [4.78, 5) is 32.3. The Hall–Kier alpha value is -1.80. The van der Waals surface area contributed by atoms with Crippen LogP contribution >= 0.6 is 0 Å². The van der Waals surface area contributed by atoms with Crippen LogP contribution in [0.2, 0.25) is 0 Å². The van der Waals surface area contributed by atoms with Crippen LogP contribution in [0.3, 0.4) is 0 Å². The molecule has 18 heavy (non-hydrogen) atoms. The van der Waals surface area contributed by atoms with E-state index >= 15 is 0 Å². The molecule has 0 aromatic rings. The van der Waals surface area contributed by atoms with E-state index < -0.39 is 42.5 Å². The lowest BCUT2D eigenvalue weighted by Crippen LogP contribution is -2.53. The fourth-order valence-corrected chi connectivity index (χ4v) is 1.03. The average molecular weight is 270 g/mol. The Bertz CT molecular complexity index is 341. The van der Waals surface area contributed by atoms with E-state index in [0.717, 1.165) is 0 Å². The van der Waals surface area contributed by atoms with Gasteiger partial charge in [-0.2, -0.15) is 13.2 Å². The largest absolute Gasteiger partial charge is 0.480 e. The first-order valence-corrected chi connectivity index (χ1v) is 4.93. The lowest BCUT2D eigenvalue weighted by Gasteiger charge is -2.21. The average Bonchev–Trinajstić information content (AvgIpc) is 2.20. The molecule has 0 radical (unpaired) electrons. The molecular weight excluding hydrogens is 257 g/mol. The Balaban J connectivity index is 4.63. The lowest BCUT2D eigenvalue weighted by atomic mass is 10.0. The minimum atomic E-state index is -5.10. The van der Waals surface area contributed by atoms with Crippen LogP contribution in [-0.4, -0.2) is 41.7 Å². The quantitative estimate of drug-likeness (QED) is 0.649. The van der Waals surface area contributed by atoms with Gasteiger partial charge in [0.25, 0.3) is 0 Å². The molecule has 0 fully saturated rings. The number of carboxylic acids is 1. The molecule has 0 aliphatic heterocycles. The minimum absolute atomic E-state index is 0.620. The van der Waals surface area contributed by atoms with Gasteiger partial charge in [0.05, 0.1) is 0 Å². The summed E-state index contributed by atoms with van der Waals surface area (Å²) in [6.07, 6.45) is -5.10. The highest BCUT2D eigenvalue weighted by molar-refractivity contribution is 5.91. The van der Waals surface area contributed by atoms with Crippen LogP contribution in [0.25, 0.3) is 0 Å². The van der Waals surface area contributed by atoms with Gasteiger partial charge in [-0.1, -0.05) is 13.8 Å². The summed E-state index contributed by atoms with van der Waals surface area (Å²) in [6.45, 7) is 2.10. The smallest absolute Gasteiger partial charge is 0.471 e. The second-order valence-corrected chi connectivity index (χ2v) is 3.80. The number of alkyl halides is 3. The van der Waals surface area contributed by atoms with E-state index in [1.165, 1.54) is 19.2 Å². The highest BCUT2D eigenvalue weighted by Gasteiger charge is 2.41. The van der Waals surface area contributed by atoms with Crippen LogP contribution in [0, 0.1) is 5.92 Å². The normalized spacial score (nSPS) is 13.0. The van der Waals surface area contributed by atoms with Gasteiger partial charge in [0.2, 0.25) is 5.91 Å². The van der Waals surface area contributed by atoms with Crippen LogP contribution in [0.1, 0.15) is 13.8 Å². The topological polar surface area (TPSA) is 95.5 Å². The van der Waals surface area contributed by atoms with E-state index in [4.69, 9.17) is 5.11 Å². The second-order valence-electron chi connectivity index (χ2n) is 3.80. The zero-order valence-corrected chi connectivity index (χ0v) is 9.67. The first-order valence-electron chi connectivity index (χ1n) is 4.93. The maximum Gasteiger partial charge on any atom is 0.471 e. The molecule has 0 bridgehead atoms. The Morgan fingerprint density at radius 3 is 2.06 bits per heavy atom. The Kier molecular flexibility index (Phi) is 5.60. The number of hydrogen-bond acceptors (Lipinski definition) is 3. The Labute approximate surface area is 101 Å². The number of carbonyl (C=O) groups is 3. The van der Waals surface area contributed by atoms with Crippen molar-refractivity contribution in [3.05, 3.63) is 0 Å². The maximum atomic E-state index is 12.0. The van der Waals surface area contributed by atoms with Gasteiger partial charge in [0.15, 0.2) is 0 Å². The number of aliphatic carboxylic acids is 1. The molecule has 0 aliphatic carbocycles. The van der Waals surface area contributed by atoms with Crippen molar-refractivity contribution < 1.29 is 32.7 Å². The van der Waals surface area contributed by atoms with Crippen molar-refractivity contribution in [2.75, 3.05) is 6.54 Å². The predicted molar refractivity (Wildman–Crippen MR) is 53.5 cm³/mol. The van der Waals surface area contributed by atoms with Crippen LogP contribution in [0.5, 0.6) is 0 Å². The van der Waals surface area contributed by atoms with Crippen molar-refractivity contribution in [3.8, 4) is 0 Å². The minimum Gasteiger partial charge on any atom is -0.480 e. The first kappa shape index (κ1) is 16.2. The van der Waals surface area contributed by atoms with Gasteiger partial charge in [-0.05, 0) is 5.92 Å². The summed E-state index contributed by atoms with van der Waals surface area (Å²) < 4.78 is 36.0. The van der Waals surface area contributed by atoms with Gasteiger partial charge in [-0.3, -0.25) is 14.4 Å². The number of carbonyl (C=O) groups excluding carboxylic acids is 2. The van der Waals surface area contributed by atoms with Gasteiger partial charge in [0.1, 0.15) is 12.6 Å². The van der Waals surface area contributed by atoms with Crippen molar-refractivity contribution in [3.63, 3.8) is 0 Å². The van der Waals surface area contributed by atoms with Crippen molar-refractivity contribution in [1.82, 2.24) is 10.6 Å². The fraction of sp³-hybridized carbons (Fsp3) is 0.667. The first-order chi connectivity index (χ1) is 8.05. The summed E-state index contributed by atoms with van der Waals surface area (Å²) in [5, 5.41) is 11.7. The standard InChI is InChI=1S/C9H13F3N2O4/c1-4(2)6(7(17)13-3-5(15)16)14-8(18)9(10,11)12/h4,6H,3H2,1-2H3,(H,13,17)(H,14,18)(H,15,16)/t6-/m0/s1. The second kappa shape index (κ2) is 6.22. The molecule has 0 aliphatic rings. The summed E-state index contributed by atoms with van der Waals surface area (Å²) in [5.74, 6) is -5.19. The molecule has 0 spiro atoms. The zero-order valence-electron chi connectivity index (χ0n) is 9.67. The molecule has 0 rings (SSSR count). The molecule has 0 saturated carbocycles. The lowest BCUT2D eigenvalue weighted by molar-refractivity contribution is -0.175. The molecule has 9 heteroatoms. The van der Waals surface area contributed by atoms with Gasteiger partial charge in [0, 0.05) is 0 Å². The van der Waals surface area contributed by atoms with E-state index in [1.54, 1.807) is 0 Å². The third kappa shape index (κ3) is 5.51. The van der Waals surface area contributed by atoms with E-state index in [2.05, 4.69) is 0 Å². The van der Waals surface area contributed by atoms with Crippen molar-refractivity contribution in [2.24, 2.45) is 5.92 Å². The van der Waals surface area contributed by atoms with Crippen LogP contribution in [0.4, 0.5) is 13.2 Å².